The van der Waals surface area contributed by atoms with Gasteiger partial charge in [0.2, 0.25) is 0 Å². The maximum absolute atomic E-state index is 5.53. The fraction of sp³-hybridized carbons (Fsp3) is 0.684. The van der Waals surface area contributed by atoms with Crippen molar-refractivity contribution in [2.24, 2.45) is 0 Å². The molecule has 4 rings (SSSR count). The first-order valence-corrected chi connectivity index (χ1v) is 8.99. The summed E-state index contributed by atoms with van der Waals surface area (Å²) in [6.07, 6.45) is 6.26. The van der Waals surface area contributed by atoms with Crippen LogP contribution in [0.25, 0.3) is 0 Å². The van der Waals surface area contributed by atoms with Gasteiger partial charge in [-0.2, -0.15) is 0 Å². The molecular formula is C19H28N2O. The van der Waals surface area contributed by atoms with Gasteiger partial charge in [0.05, 0.1) is 0 Å². The van der Waals surface area contributed by atoms with Gasteiger partial charge in [-0.3, -0.25) is 4.90 Å². The van der Waals surface area contributed by atoms with E-state index >= 15 is 0 Å². The van der Waals surface area contributed by atoms with E-state index in [2.05, 4.69) is 29.3 Å². The monoisotopic (exact) mass is 300 g/mol. The summed E-state index contributed by atoms with van der Waals surface area (Å²) >= 11 is 0. The van der Waals surface area contributed by atoms with Gasteiger partial charge in [-0.15, -0.1) is 0 Å². The lowest BCUT2D eigenvalue weighted by Crippen LogP contribution is -2.42. The van der Waals surface area contributed by atoms with Crippen molar-refractivity contribution < 1.29 is 4.74 Å². The zero-order valence-electron chi connectivity index (χ0n) is 13.7. The number of hydrogen-bond acceptors (Lipinski definition) is 3. The Morgan fingerprint density at radius 2 is 2.05 bits per heavy atom. The van der Waals surface area contributed by atoms with Gasteiger partial charge < -0.3 is 10.1 Å². The molecule has 1 aromatic carbocycles. The Morgan fingerprint density at radius 1 is 1.18 bits per heavy atom. The molecule has 0 aromatic heterocycles. The van der Waals surface area contributed by atoms with Gasteiger partial charge in [-0.1, -0.05) is 17.7 Å². The van der Waals surface area contributed by atoms with Crippen molar-refractivity contribution in [3.8, 4) is 0 Å². The van der Waals surface area contributed by atoms with Crippen LogP contribution in [-0.2, 0) is 17.7 Å². The first-order chi connectivity index (χ1) is 10.8. The third-order valence-electron chi connectivity index (χ3n) is 5.69. The smallest absolute Gasteiger partial charge is 0.0480 e. The summed E-state index contributed by atoms with van der Waals surface area (Å²) in [5.41, 5.74) is 6.25. The molecule has 0 radical (unpaired) electrons. The van der Waals surface area contributed by atoms with Crippen LogP contribution in [-0.4, -0.2) is 37.2 Å². The van der Waals surface area contributed by atoms with Gasteiger partial charge in [0.25, 0.3) is 0 Å². The maximum Gasteiger partial charge on any atom is 0.0480 e. The standard InChI is InChI=1S/C19H28N2O/c1-14-11-15-13-21(16-5-9-22-10-6-16)8-4-17(15)18(12-14)19-3-2-7-20-19/h11-12,16,19-20H,2-10,13H2,1H3/t19-/m0/s1. The first-order valence-electron chi connectivity index (χ1n) is 8.99. The van der Waals surface area contributed by atoms with E-state index in [1.54, 1.807) is 16.7 Å². The molecule has 120 valence electrons. The van der Waals surface area contributed by atoms with Gasteiger partial charge in [-0.25, -0.2) is 0 Å². The quantitative estimate of drug-likeness (QED) is 0.909. The predicted octanol–water partition coefficient (Wildman–Crippen LogP) is 2.96. The molecule has 0 bridgehead atoms. The molecule has 1 aromatic rings. The van der Waals surface area contributed by atoms with Gasteiger partial charge in [0.15, 0.2) is 0 Å². The highest BCUT2D eigenvalue weighted by molar-refractivity contribution is 5.42. The van der Waals surface area contributed by atoms with E-state index in [1.165, 1.54) is 50.8 Å². The molecule has 3 nitrogen and oxygen atoms in total. The van der Waals surface area contributed by atoms with Crippen LogP contribution in [0.3, 0.4) is 0 Å². The van der Waals surface area contributed by atoms with Crippen molar-refractivity contribution in [3.05, 3.63) is 34.4 Å². The summed E-state index contributed by atoms with van der Waals surface area (Å²) in [5.74, 6) is 0. The Labute approximate surface area is 134 Å². The summed E-state index contributed by atoms with van der Waals surface area (Å²) < 4.78 is 5.53. The molecule has 2 saturated heterocycles. The van der Waals surface area contributed by atoms with Gasteiger partial charge >= 0.3 is 0 Å². The molecule has 1 N–H and O–H groups in total. The molecule has 22 heavy (non-hydrogen) atoms. The molecule has 0 saturated carbocycles. The summed E-state index contributed by atoms with van der Waals surface area (Å²) in [4.78, 5) is 2.70. The Kier molecular flexibility index (Phi) is 4.21. The molecule has 0 unspecified atom stereocenters. The van der Waals surface area contributed by atoms with E-state index in [0.717, 1.165) is 25.8 Å². The summed E-state index contributed by atoms with van der Waals surface area (Å²) in [6, 6.07) is 6.20. The molecule has 3 aliphatic heterocycles. The lowest BCUT2D eigenvalue weighted by atomic mass is 9.87. The van der Waals surface area contributed by atoms with Crippen molar-refractivity contribution >= 4 is 0 Å². The van der Waals surface area contributed by atoms with Crippen LogP contribution < -0.4 is 5.32 Å². The van der Waals surface area contributed by atoms with Crippen LogP contribution in [0.1, 0.15) is 54.0 Å². The number of fused-ring (bicyclic) bond motifs is 1. The SMILES string of the molecule is Cc1cc2c(c([C@@H]3CCCN3)c1)CCN(C1CCOCC1)C2. The fourth-order valence-corrected chi connectivity index (χ4v) is 4.54. The number of nitrogens with zero attached hydrogens (tertiary/aromatic N) is 1. The molecule has 3 aliphatic rings. The van der Waals surface area contributed by atoms with Crippen molar-refractivity contribution in [1.29, 1.82) is 0 Å². The van der Waals surface area contributed by atoms with E-state index in [0.29, 0.717) is 6.04 Å². The minimum atomic E-state index is 0.600. The number of rotatable bonds is 2. The van der Waals surface area contributed by atoms with Gasteiger partial charge in [0.1, 0.15) is 0 Å². The van der Waals surface area contributed by atoms with Gasteiger partial charge in [0, 0.05) is 38.4 Å². The number of benzene rings is 1. The molecule has 2 fully saturated rings. The van der Waals surface area contributed by atoms with E-state index in [9.17, 15) is 0 Å². The Bertz CT molecular complexity index is 530. The lowest BCUT2D eigenvalue weighted by molar-refractivity contribution is 0.0289. The average Bonchev–Trinajstić information content (AvgIpc) is 3.08. The highest BCUT2D eigenvalue weighted by atomic mass is 16.5. The summed E-state index contributed by atoms with van der Waals surface area (Å²) in [7, 11) is 0. The Hall–Kier alpha value is -0.900. The van der Waals surface area contributed by atoms with E-state index in [4.69, 9.17) is 4.74 Å². The molecule has 3 heterocycles. The van der Waals surface area contributed by atoms with Crippen molar-refractivity contribution in [1.82, 2.24) is 10.2 Å². The lowest BCUT2D eigenvalue weighted by Gasteiger charge is -2.38. The van der Waals surface area contributed by atoms with Crippen LogP contribution in [0.15, 0.2) is 12.1 Å². The van der Waals surface area contributed by atoms with E-state index in [-0.39, 0.29) is 0 Å². The third-order valence-corrected chi connectivity index (χ3v) is 5.69. The van der Waals surface area contributed by atoms with E-state index in [1.807, 2.05) is 0 Å². The van der Waals surface area contributed by atoms with Crippen LogP contribution in [0, 0.1) is 6.92 Å². The maximum atomic E-state index is 5.53. The molecule has 3 heteroatoms. The second-order valence-corrected chi connectivity index (χ2v) is 7.20. The largest absolute Gasteiger partial charge is 0.381 e. The van der Waals surface area contributed by atoms with Crippen LogP contribution >= 0.6 is 0 Å². The van der Waals surface area contributed by atoms with E-state index < -0.39 is 0 Å². The predicted molar refractivity (Wildman–Crippen MR) is 89.1 cm³/mol. The van der Waals surface area contributed by atoms with Crippen molar-refractivity contribution in [3.63, 3.8) is 0 Å². The summed E-state index contributed by atoms with van der Waals surface area (Å²) in [6.45, 7) is 7.69. The second kappa shape index (κ2) is 6.31. The molecule has 0 spiro atoms. The topological polar surface area (TPSA) is 24.5 Å². The zero-order chi connectivity index (χ0) is 14.9. The molecule has 0 amide bonds. The Balaban J connectivity index is 1.58. The van der Waals surface area contributed by atoms with Crippen molar-refractivity contribution in [2.75, 3.05) is 26.3 Å². The molecular weight excluding hydrogens is 272 g/mol. The van der Waals surface area contributed by atoms with Crippen molar-refractivity contribution in [2.45, 2.75) is 57.7 Å². The fourth-order valence-electron chi connectivity index (χ4n) is 4.54. The molecule has 0 aliphatic carbocycles. The van der Waals surface area contributed by atoms with Crippen LogP contribution in [0.4, 0.5) is 0 Å². The minimum absolute atomic E-state index is 0.600. The minimum Gasteiger partial charge on any atom is -0.381 e. The molecule has 1 atom stereocenters. The summed E-state index contributed by atoms with van der Waals surface area (Å²) in [5, 5.41) is 3.69. The number of hydrogen-bond donors (Lipinski definition) is 1. The number of nitrogens with one attached hydrogen (secondary N) is 1. The van der Waals surface area contributed by atoms with Gasteiger partial charge in [-0.05, 0) is 62.3 Å². The third kappa shape index (κ3) is 2.82. The first kappa shape index (κ1) is 14.7. The van der Waals surface area contributed by atoms with Crippen LogP contribution in [0.5, 0.6) is 0 Å². The van der Waals surface area contributed by atoms with Crippen LogP contribution in [0.2, 0.25) is 0 Å². The highest BCUT2D eigenvalue weighted by Gasteiger charge is 2.28. The number of ether oxygens (including phenoxy) is 1. The number of aryl methyl sites for hydroxylation is 1. The Morgan fingerprint density at radius 3 is 2.82 bits per heavy atom. The highest BCUT2D eigenvalue weighted by Crippen LogP contribution is 2.33. The normalized spacial score (nSPS) is 27.0. The zero-order valence-corrected chi connectivity index (χ0v) is 13.7. The average molecular weight is 300 g/mol. The second-order valence-electron chi connectivity index (χ2n) is 7.20.